The number of benzene rings is 2. The fourth-order valence-corrected chi connectivity index (χ4v) is 5.37. The molecule has 0 radical (unpaired) electrons. The van der Waals surface area contributed by atoms with Crippen LogP contribution in [-0.2, 0) is 6.54 Å². The van der Waals surface area contributed by atoms with Crippen LogP contribution in [0.5, 0.6) is 0 Å². The second-order valence-corrected chi connectivity index (χ2v) is 9.53. The van der Waals surface area contributed by atoms with Gasteiger partial charge in [0.25, 0.3) is 5.91 Å². The van der Waals surface area contributed by atoms with E-state index in [1.54, 1.807) is 0 Å². The standard InChI is InChI=1S/C27H34N4O/c1-20-8-7-11-24(21(20)2)29-17-12-22(13-18-29)14-19-31-25-10-4-3-9-23(25)26(28-31)27(32)30-15-5-6-16-30/h3-4,7-11,22H,5-6,12-19H2,1-2H3. The molecule has 0 unspecified atom stereocenters. The minimum atomic E-state index is 0.0966. The number of anilines is 1. The Morgan fingerprint density at radius 1 is 0.969 bits per heavy atom. The first-order chi connectivity index (χ1) is 15.6. The van der Waals surface area contributed by atoms with Gasteiger partial charge in [-0.15, -0.1) is 0 Å². The number of carbonyl (C=O) groups excluding carboxylic acids is 1. The van der Waals surface area contributed by atoms with Crippen molar-refractivity contribution in [3.63, 3.8) is 0 Å². The van der Waals surface area contributed by atoms with E-state index in [2.05, 4.69) is 47.7 Å². The molecule has 0 N–H and O–H groups in total. The average molecular weight is 431 g/mol. The monoisotopic (exact) mass is 430 g/mol. The minimum Gasteiger partial charge on any atom is -0.371 e. The molecule has 3 aromatic rings. The summed E-state index contributed by atoms with van der Waals surface area (Å²) in [6, 6.07) is 14.8. The van der Waals surface area contributed by atoms with Gasteiger partial charge in [0.2, 0.25) is 0 Å². The maximum absolute atomic E-state index is 13.0. The Hall–Kier alpha value is -2.82. The predicted molar refractivity (Wildman–Crippen MR) is 130 cm³/mol. The van der Waals surface area contributed by atoms with Crippen molar-refractivity contribution in [1.29, 1.82) is 0 Å². The first-order valence-electron chi connectivity index (χ1n) is 12.2. The van der Waals surface area contributed by atoms with Crippen molar-refractivity contribution in [1.82, 2.24) is 14.7 Å². The van der Waals surface area contributed by atoms with Gasteiger partial charge >= 0.3 is 0 Å². The van der Waals surface area contributed by atoms with Gasteiger partial charge in [-0.05, 0) is 75.1 Å². The third-order valence-corrected chi connectivity index (χ3v) is 7.53. The summed E-state index contributed by atoms with van der Waals surface area (Å²) in [7, 11) is 0. The Balaban J connectivity index is 1.25. The molecule has 1 amide bonds. The zero-order valence-electron chi connectivity index (χ0n) is 19.4. The molecule has 2 aliphatic heterocycles. The maximum atomic E-state index is 13.0. The summed E-state index contributed by atoms with van der Waals surface area (Å²) >= 11 is 0. The number of likely N-dealkylation sites (tertiary alicyclic amines) is 1. The molecule has 5 nitrogen and oxygen atoms in total. The number of hydrogen-bond donors (Lipinski definition) is 0. The predicted octanol–water partition coefficient (Wildman–Crippen LogP) is 5.20. The summed E-state index contributed by atoms with van der Waals surface area (Å²) in [4.78, 5) is 17.6. The highest BCUT2D eigenvalue weighted by Gasteiger charge is 2.25. The Labute approximate surface area is 191 Å². The Morgan fingerprint density at radius 3 is 2.50 bits per heavy atom. The van der Waals surface area contributed by atoms with Crippen LogP contribution in [0.4, 0.5) is 5.69 Å². The van der Waals surface area contributed by atoms with Crippen molar-refractivity contribution in [3.8, 4) is 0 Å². The molecule has 3 heterocycles. The van der Waals surface area contributed by atoms with E-state index in [4.69, 9.17) is 5.10 Å². The first-order valence-corrected chi connectivity index (χ1v) is 12.2. The molecule has 0 bridgehead atoms. The lowest BCUT2D eigenvalue weighted by Gasteiger charge is -2.35. The normalized spacial score (nSPS) is 17.4. The molecule has 2 fully saturated rings. The van der Waals surface area contributed by atoms with E-state index in [9.17, 15) is 4.79 Å². The Morgan fingerprint density at radius 2 is 1.72 bits per heavy atom. The molecular weight excluding hydrogens is 396 g/mol. The van der Waals surface area contributed by atoms with Crippen molar-refractivity contribution >= 4 is 22.5 Å². The van der Waals surface area contributed by atoms with Gasteiger partial charge in [0.15, 0.2) is 5.69 Å². The van der Waals surface area contributed by atoms with Gasteiger partial charge < -0.3 is 9.80 Å². The smallest absolute Gasteiger partial charge is 0.275 e. The van der Waals surface area contributed by atoms with E-state index in [1.807, 2.05) is 23.1 Å². The molecule has 32 heavy (non-hydrogen) atoms. The van der Waals surface area contributed by atoms with Crippen LogP contribution in [0, 0.1) is 19.8 Å². The van der Waals surface area contributed by atoms with Gasteiger partial charge in [0.1, 0.15) is 0 Å². The third-order valence-electron chi connectivity index (χ3n) is 7.53. The molecule has 0 atom stereocenters. The van der Waals surface area contributed by atoms with Crippen LogP contribution >= 0.6 is 0 Å². The molecule has 168 valence electrons. The first kappa shape index (κ1) is 21.0. The van der Waals surface area contributed by atoms with Gasteiger partial charge in [-0.25, -0.2) is 0 Å². The average Bonchev–Trinajstić information content (AvgIpc) is 3.48. The van der Waals surface area contributed by atoms with Crippen LogP contribution in [0.3, 0.4) is 0 Å². The summed E-state index contributed by atoms with van der Waals surface area (Å²) < 4.78 is 2.08. The fraction of sp³-hybridized carbons (Fsp3) is 0.481. The van der Waals surface area contributed by atoms with Crippen LogP contribution < -0.4 is 4.90 Å². The van der Waals surface area contributed by atoms with Gasteiger partial charge in [-0.1, -0.05) is 30.3 Å². The largest absolute Gasteiger partial charge is 0.371 e. The second-order valence-electron chi connectivity index (χ2n) is 9.53. The topological polar surface area (TPSA) is 41.4 Å². The molecule has 2 aliphatic rings. The Kier molecular flexibility index (Phi) is 5.90. The SMILES string of the molecule is Cc1cccc(N2CCC(CCn3nc(C(=O)N4CCCC4)c4ccccc43)CC2)c1C. The van der Waals surface area contributed by atoms with E-state index >= 15 is 0 Å². The van der Waals surface area contributed by atoms with Crippen LogP contribution in [0.1, 0.15) is 53.7 Å². The van der Waals surface area contributed by atoms with E-state index in [1.165, 1.54) is 29.7 Å². The zero-order chi connectivity index (χ0) is 22.1. The Bertz CT molecular complexity index is 1100. The molecular formula is C27H34N4O. The summed E-state index contributed by atoms with van der Waals surface area (Å²) in [5.41, 5.74) is 5.89. The molecule has 5 rings (SSSR count). The fourth-order valence-electron chi connectivity index (χ4n) is 5.37. The van der Waals surface area contributed by atoms with E-state index in [0.717, 1.165) is 62.9 Å². The summed E-state index contributed by atoms with van der Waals surface area (Å²) in [5, 5.41) is 5.81. The zero-order valence-corrected chi connectivity index (χ0v) is 19.4. The van der Waals surface area contributed by atoms with E-state index < -0.39 is 0 Å². The molecule has 2 aromatic carbocycles. The van der Waals surface area contributed by atoms with Crippen LogP contribution in [0.15, 0.2) is 42.5 Å². The van der Waals surface area contributed by atoms with Crippen molar-refractivity contribution in [2.75, 3.05) is 31.1 Å². The number of amides is 1. The van der Waals surface area contributed by atoms with E-state index in [0.29, 0.717) is 11.6 Å². The molecule has 2 saturated heterocycles. The molecule has 0 spiro atoms. The second kappa shape index (κ2) is 8.97. The molecule has 5 heteroatoms. The number of carbonyl (C=O) groups is 1. The van der Waals surface area contributed by atoms with Crippen molar-refractivity contribution in [2.45, 2.75) is 52.5 Å². The highest BCUT2D eigenvalue weighted by atomic mass is 16.2. The highest BCUT2D eigenvalue weighted by Crippen LogP contribution is 2.30. The number of aryl methyl sites for hydroxylation is 2. The number of rotatable bonds is 5. The minimum absolute atomic E-state index is 0.0966. The van der Waals surface area contributed by atoms with Gasteiger partial charge in [-0.2, -0.15) is 5.10 Å². The van der Waals surface area contributed by atoms with Gasteiger partial charge in [0.05, 0.1) is 5.52 Å². The number of nitrogens with zero attached hydrogens (tertiary/aromatic N) is 4. The summed E-state index contributed by atoms with van der Waals surface area (Å²) in [6.07, 6.45) is 5.75. The summed E-state index contributed by atoms with van der Waals surface area (Å²) in [5.74, 6) is 0.802. The quantitative estimate of drug-likeness (QED) is 0.559. The lowest BCUT2D eigenvalue weighted by atomic mass is 9.92. The summed E-state index contributed by atoms with van der Waals surface area (Å²) in [6.45, 7) is 9.27. The third kappa shape index (κ3) is 4.01. The number of piperidine rings is 1. The maximum Gasteiger partial charge on any atom is 0.275 e. The number of hydrogen-bond acceptors (Lipinski definition) is 3. The van der Waals surface area contributed by atoms with E-state index in [-0.39, 0.29) is 5.91 Å². The number of fused-ring (bicyclic) bond motifs is 1. The van der Waals surface area contributed by atoms with Crippen LogP contribution in [-0.4, -0.2) is 46.8 Å². The number of para-hydroxylation sites is 1. The molecule has 1 aromatic heterocycles. The highest BCUT2D eigenvalue weighted by molar-refractivity contribution is 6.04. The molecule has 0 aliphatic carbocycles. The lowest BCUT2D eigenvalue weighted by Crippen LogP contribution is -2.34. The van der Waals surface area contributed by atoms with Gasteiger partial charge in [-0.3, -0.25) is 9.48 Å². The van der Waals surface area contributed by atoms with Crippen LogP contribution in [0.25, 0.3) is 10.9 Å². The lowest BCUT2D eigenvalue weighted by molar-refractivity contribution is 0.0788. The van der Waals surface area contributed by atoms with Crippen LogP contribution in [0.2, 0.25) is 0 Å². The number of aromatic nitrogens is 2. The van der Waals surface area contributed by atoms with Crippen molar-refractivity contribution in [3.05, 3.63) is 59.3 Å². The molecule has 0 saturated carbocycles. The van der Waals surface area contributed by atoms with Crippen molar-refractivity contribution in [2.24, 2.45) is 5.92 Å². The van der Waals surface area contributed by atoms with Gasteiger partial charge in [0, 0.05) is 43.8 Å². The van der Waals surface area contributed by atoms with Crippen molar-refractivity contribution < 1.29 is 4.79 Å².